The molecule has 0 aromatic heterocycles. The van der Waals surface area contributed by atoms with E-state index in [1.54, 1.807) is 12.1 Å². The van der Waals surface area contributed by atoms with E-state index in [0.29, 0.717) is 25.2 Å². The van der Waals surface area contributed by atoms with Crippen molar-refractivity contribution < 1.29 is 27.0 Å². The van der Waals surface area contributed by atoms with Gasteiger partial charge in [-0.3, -0.25) is 4.90 Å². The summed E-state index contributed by atoms with van der Waals surface area (Å²) in [6.07, 6.45) is -0.218. The monoisotopic (exact) mass is 434 g/mol. The van der Waals surface area contributed by atoms with Crippen LogP contribution in [0.25, 0.3) is 0 Å². The summed E-state index contributed by atoms with van der Waals surface area (Å²) in [5, 5.41) is 0. The van der Waals surface area contributed by atoms with Crippen molar-refractivity contribution in [1.82, 2.24) is 9.21 Å². The molecule has 7 nitrogen and oxygen atoms in total. The molecule has 5 rings (SSSR count). The summed E-state index contributed by atoms with van der Waals surface area (Å²) < 4.78 is 57.7. The third-order valence-electron chi connectivity index (χ3n) is 5.78. The Morgan fingerprint density at radius 1 is 1.00 bits per heavy atom. The zero-order valence-corrected chi connectivity index (χ0v) is 17.2. The van der Waals surface area contributed by atoms with Crippen LogP contribution in [0.2, 0.25) is 0 Å². The molecule has 0 radical (unpaired) electrons. The third kappa shape index (κ3) is 3.90. The van der Waals surface area contributed by atoms with Crippen LogP contribution in [0, 0.1) is 5.82 Å². The lowest BCUT2D eigenvalue weighted by Crippen LogP contribution is -2.45. The molecule has 3 aliphatic heterocycles. The van der Waals surface area contributed by atoms with Crippen molar-refractivity contribution in [3.63, 3.8) is 0 Å². The van der Waals surface area contributed by atoms with Crippen molar-refractivity contribution in [2.24, 2.45) is 0 Å². The standard InChI is InChI=1S/C21H23FN2O5S/c22-17-3-1-2-15(8-17)11-24-18-12-23(13-21(18)27-6-7-30(24,25)26)10-16-4-5-19-20(9-16)29-14-28-19/h1-5,8-9,18,21H,6-7,10-14H2/t18-,21+/m1/s1. The van der Waals surface area contributed by atoms with E-state index in [9.17, 15) is 12.8 Å². The number of nitrogens with zero attached hydrogens (tertiary/aromatic N) is 2. The van der Waals surface area contributed by atoms with Gasteiger partial charge in [0.1, 0.15) is 5.82 Å². The second-order valence-electron chi connectivity index (χ2n) is 7.85. The molecule has 30 heavy (non-hydrogen) atoms. The van der Waals surface area contributed by atoms with E-state index in [0.717, 1.165) is 17.1 Å². The lowest BCUT2D eigenvalue weighted by molar-refractivity contribution is 0.0458. The first-order valence-corrected chi connectivity index (χ1v) is 11.6. The Morgan fingerprint density at radius 2 is 1.83 bits per heavy atom. The molecule has 2 atom stereocenters. The first-order chi connectivity index (χ1) is 14.5. The van der Waals surface area contributed by atoms with Crippen LogP contribution in [0.4, 0.5) is 4.39 Å². The molecule has 9 heteroatoms. The summed E-state index contributed by atoms with van der Waals surface area (Å²) >= 11 is 0. The minimum absolute atomic E-state index is 0.0581. The van der Waals surface area contributed by atoms with E-state index in [2.05, 4.69) is 4.90 Å². The van der Waals surface area contributed by atoms with Gasteiger partial charge in [0, 0.05) is 26.2 Å². The van der Waals surface area contributed by atoms with Gasteiger partial charge in [-0.2, -0.15) is 4.31 Å². The highest BCUT2D eigenvalue weighted by atomic mass is 32.2. The van der Waals surface area contributed by atoms with Gasteiger partial charge in [0.05, 0.1) is 24.5 Å². The highest BCUT2D eigenvalue weighted by molar-refractivity contribution is 7.89. The van der Waals surface area contributed by atoms with Crippen molar-refractivity contribution in [2.45, 2.75) is 25.2 Å². The lowest BCUT2D eigenvalue weighted by atomic mass is 10.1. The first-order valence-electron chi connectivity index (χ1n) is 9.94. The predicted molar refractivity (Wildman–Crippen MR) is 107 cm³/mol. The van der Waals surface area contributed by atoms with E-state index >= 15 is 0 Å². The Balaban J connectivity index is 1.36. The molecule has 0 saturated carbocycles. The summed E-state index contributed by atoms with van der Waals surface area (Å²) in [6.45, 7) is 2.37. The van der Waals surface area contributed by atoms with Crippen LogP contribution in [0.1, 0.15) is 11.1 Å². The summed E-state index contributed by atoms with van der Waals surface area (Å²) in [7, 11) is -3.51. The van der Waals surface area contributed by atoms with Gasteiger partial charge in [0.15, 0.2) is 11.5 Å². The van der Waals surface area contributed by atoms with Crippen LogP contribution in [0.3, 0.4) is 0 Å². The van der Waals surface area contributed by atoms with Crippen molar-refractivity contribution in [3.8, 4) is 11.5 Å². The molecule has 0 spiro atoms. The average Bonchev–Trinajstić information content (AvgIpc) is 3.30. The fourth-order valence-electron chi connectivity index (χ4n) is 4.36. The van der Waals surface area contributed by atoms with E-state index in [1.807, 2.05) is 18.2 Å². The molecule has 0 N–H and O–H groups in total. The van der Waals surface area contributed by atoms with Gasteiger partial charge >= 0.3 is 0 Å². The number of likely N-dealkylation sites (tertiary alicyclic amines) is 1. The summed E-state index contributed by atoms with van der Waals surface area (Å²) in [4.78, 5) is 2.19. The predicted octanol–water partition coefficient (Wildman–Crippen LogP) is 1.97. The molecular formula is C21H23FN2O5S. The number of halogens is 1. The van der Waals surface area contributed by atoms with Gasteiger partial charge in [-0.25, -0.2) is 12.8 Å². The van der Waals surface area contributed by atoms with Crippen LogP contribution >= 0.6 is 0 Å². The van der Waals surface area contributed by atoms with Crippen LogP contribution in [0.5, 0.6) is 11.5 Å². The topological polar surface area (TPSA) is 68.3 Å². The maximum Gasteiger partial charge on any atom is 0.231 e. The maximum absolute atomic E-state index is 13.6. The minimum Gasteiger partial charge on any atom is -0.454 e. The Hall–Kier alpha value is -2.20. The van der Waals surface area contributed by atoms with Crippen LogP contribution in [0.15, 0.2) is 42.5 Å². The Kier molecular flexibility index (Phi) is 5.14. The average molecular weight is 434 g/mol. The van der Waals surface area contributed by atoms with Crippen molar-refractivity contribution >= 4 is 10.0 Å². The van der Waals surface area contributed by atoms with Gasteiger partial charge in [0.25, 0.3) is 0 Å². The minimum atomic E-state index is -3.51. The smallest absolute Gasteiger partial charge is 0.231 e. The molecule has 0 aliphatic carbocycles. The number of hydrogen-bond donors (Lipinski definition) is 0. The van der Waals surface area contributed by atoms with E-state index in [-0.39, 0.29) is 43.7 Å². The molecule has 2 aromatic rings. The number of fused-ring (bicyclic) bond motifs is 2. The van der Waals surface area contributed by atoms with E-state index in [4.69, 9.17) is 14.2 Å². The molecular weight excluding hydrogens is 411 g/mol. The van der Waals surface area contributed by atoms with Crippen molar-refractivity contribution in [1.29, 1.82) is 0 Å². The van der Waals surface area contributed by atoms with Gasteiger partial charge in [0.2, 0.25) is 16.8 Å². The number of hydrogen-bond acceptors (Lipinski definition) is 6. The molecule has 160 valence electrons. The molecule has 3 aliphatic rings. The second kappa shape index (κ2) is 7.81. The molecule has 2 aromatic carbocycles. The summed E-state index contributed by atoms with van der Waals surface area (Å²) in [6, 6.07) is 11.6. The van der Waals surface area contributed by atoms with Gasteiger partial charge in [-0.1, -0.05) is 18.2 Å². The highest BCUT2D eigenvalue weighted by Gasteiger charge is 2.44. The Bertz CT molecular complexity index is 1050. The highest BCUT2D eigenvalue weighted by Crippen LogP contribution is 2.34. The van der Waals surface area contributed by atoms with E-state index < -0.39 is 10.0 Å². The molecule has 0 bridgehead atoms. The zero-order valence-electron chi connectivity index (χ0n) is 16.4. The number of sulfonamides is 1. The Labute approximate surface area is 175 Å². The summed E-state index contributed by atoms with van der Waals surface area (Å²) in [5.41, 5.74) is 1.70. The van der Waals surface area contributed by atoms with Crippen LogP contribution < -0.4 is 9.47 Å². The molecule has 2 saturated heterocycles. The summed E-state index contributed by atoms with van der Waals surface area (Å²) in [5.74, 6) is 1.04. The fraction of sp³-hybridized carbons (Fsp3) is 0.429. The van der Waals surface area contributed by atoms with Crippen LogP contribution in [-0.2, 0) is 27.8 Å². The van der Waals surface area contributed by atoms with Crippen molar-refractivity contribution in [3.05, 3.63) is 59.4 Å². The maximum atomic E-state index is 13.6. The van der Waals surface area contributed by atoms with Crippen LogP contribution in [-0.4, -0.2) is 62.0 Å². The third-order valence-corrected chi connectivity index (χ3v) is 7.58. The normalized spacial score (nSPS) is 25.8. The molecule has 3 heterocycles. The van der Waals surface area contributed by atoms with Crippen molar-refractivity contribution in [2.75, 3.05) is 32.2 Å². The van der Waals surface area contributed by atoms with Gasteiger partial charge in [-0.15, -0.1) is 0 Å². The fourth-order valence-corrected chi connectivity index (χ4v) is 5.86. The molecule has 0 amide bonds. The van der Waals surface area contributed by atoms with E-state index in [1.165, 1.54) is 16.4 Å². The molecule has 0 unspecified atom stereocenters. The zero-order chi connectivity index (χ0) is 20.7. The second-order valence-corrected chi connectivity index (χ2v) is 9.89. The Morgan fingerprint density at radius 3 is 2.70 bits per heavy atom. The van der Waals surface area contributed by atoms with Gasteiger partial charge in [-0.05, 0) is 35.4 Å². The largest absolute Gasteiger partial charge is 0.454 e. The first kappa shape index (κ1) is 19.7. The quantitative estimate of drug-likeness (QED) is 0.733. The lowest BCUT2D eigenvalue weighted by Gasteiger charge is -2.28. The number of benzene rings is 2. The SMILES string of the molecule is O=S1(=O)CCO[C@H]2CN(Cc3ccc4c(c3)OCO4)C[C@H]2N1Cc1cccc(F)c1. The van der Waals surface area contributed by atoms with Gasteiger partial charge < -0.3 is 14.2 Å². The number of rotatable bonds is 4. The molecule has 2 fully saturated rings. The number of ether oxygens (including phenoxy) is 3.